The van der Waals surface area contributed by atoms with Gasteiger partial charge in [0.05, 0.1) is 18.3 Å². The molecule has 140 valence electrons. The summed E-state index contributed by atoms with van der Waals surface area (Å²) in [5.41, 5.74) is 4.22. The van der Waals surface area contributed by atoms with Crippen LogP contribution in [0.1, 0.15) is 29.7 Å². The number of urea groups is 1. The van der Waals surface area contributed by atoms with Gasteiger partial charge < -0.3 is 15.0 Å². The van der Waals surface area contributed by atoms with Gasteiger partial charge in [-0.25, -0.2) is 9.59 Å². The topological polar surface area (TPSA) is 61.9 Å². The number of hydrogen-bond acceptors (Lipinski definition) is 3. The van der Waals surface area contributed by atoms with E-state index in [9.17, 15) is 9.59 Å². The second-order valence-electron chi connectivity index (χ2n) is 6.86. The van der Waals surface area contributed by atoms with Crippen molar-refractivity contribution < 1.29 is 14.3 Å². The van der Waals surface area contributed by atoms with Crippen molar-refractivity contribution in [2.75, 3.05) is 24.6 Å². The number of rotatable bonds is 4. The zero-order chi connectivity index (χ0) is 18.8. The molecule has 6 nitrogen and oxygen atoms in total. The quantitative estimate of drug-likeness (QED) is 0.902. The van der Waals surface area contributed by atoms with Crippen LogP contribution in [-0.2, 0) is 17.7 Å². The summed E-state index contributed by atoms with van der Waals surface area (Å²) in [5, 5.41) is 3.05. The highest BCUT2D eigenvalue weighted by molar-refractivity contribution is 5.90. The third-order valence-electron chi connectivity index (χ3n) is 5.09. The van der Waals surface area contributed by atoms with E-state index < -0.39 is 0 Å². The lowest BCUT2D eigenvalue weighted by molar-refractivity contribution is 0.160. The van der Waals surface area contributed by atoms with Crippen molar-refractivity contribution in [1.82, 2.24) is 10.2 Å². The Balaban J connectivity index is 1.45. The van der Waals surface area contributed by atoms with Gasteiger partial charge in [-0.15, -0.1) is 0 Å². The van der Waals surface area contributed by atoms with Gasteiger partial charge in [0, 0.05) is 19.6 Å². The van der Waals surface area contributed by atoms with Crippen molar-refractivity contribution in [3.05, 3.63) is 65.2 Å². The first-order valence-electron chi connectivity index (χ1n) is 9.32. The molecule has 2 aliphatic heterocycles. The lowest BCUT2D eigenvalue weighted by Crippen LogP contribution is -2.29. The van der Waals surface area contributed by atoms with Crippen LogP contribution < -0.4 is 10.2 Å². The number of amides is 3. The van der Waals surface area contributed by atoms with Crippen LogP contribution >= 0.6 is 0 Å². The first-order chi connectivity index (χ1) is 13.2. The standard InChI is InChI=1S/C21H23N3O3/c1-2-27-21(26)24-11-10-17-12-15(8-9-19(17)24)13-23-14-18(22-20(23)25)16-6-4-3-5-7-16/h3-9,12,18H,2,10-11,13-14H2,1H3,(H,22,25)/t18-/m1/s1. The molecule has 1 saturated heterocycles. The fourth-order valence-corrected chi connectivity index (χ4v) is 3.76. The van der Waals surface area contributed by atoms with Crippen LogP contribution in [0.2, 0.25) is 0 Å². The Labute approximate surface area is 158 Å². The molecule has 1 fully saturated rings. The molecule has 0 aromatic heterocycles. The summed E-state index contributed by atoms with van der Waals surface area (Å²) in [6.45, 7) is 4.02. The van der Waals surface area contributed by atoms with Gasteiger partial charge in [-0.05, 0) is 36.1 Å². The van der Waals surface area contributed by atoms with Gasteiger partial charge in [-0.3, -0.25) is 4.90 Å². The Bertz CT molecular complexity index is 853. The number of fused-ring (bicyclic) bond motifs is 1. The van der Waals surface area contributed by atoms with Crippen molar-refractivity contribution in [3.8, 4) is 0 Å². The molecule has 0 spiro atoms. The molecular weight excluding hydrogens is 342 g/mol. The number of nitrogens with one attached hydrogen (secondary N) is 1. The second kappa shape index (κ2) is 7.31. The number of hydrogen-bond donors (Lipinski definition) is 1. The van der Waals surface area contributed by atoms with Crippen molar-refractivity contribution in [2.45, 2.75) is 25.9 Å². The lowest BCUT2D eigenvalue weighted by Gasteiger charge is -2.18. The zero-order valence-corrected chi connectivity index (χ0v) is 15.4. The highest BCUT2D eigenvalue weighted by atomic mass is 16.6. The Kier molecular flexibility index (Phi) is 4.71. The van der Waals surface area contributed by atoms with E-state index >= 15 is 0 Å². The largest absolute Gasteiger partial charge is 0.449 e. The minimum absolute atomic E-state index is 0.0208. The summed E-state index contributed by atoms with van der Waals surface area (Å²) >= 11 is 0. The molecule has 2 heterocycles. The Hall–Kier alpha value is -3.02. The lowest BCUT2D eigenvalue weighted by atomic mass is 10.1. The van der Waals surface area contributed by atoms with E-state index in [1.54, 1.807) is 4.90 Å². The van der Waals surface area contributed by atoms with Crippen LogP contribution in [0.3, 0.4) is 0 Å². The smallest absolute Gasteiger partial charge is 0.414 e. The maximum atomic E-state index is 12.4. The number of carbonyl (C=O) groups is 2. The van der Waals surface area contributed by atoms with Crippen LogP contribution in [0.15, 0.2) is 48.5 Å². The molecule has 0 unspecified atom stereocenters. The molecule has 0 radical (unpaired) electrons. The molecule has 2 aliphatic rings. The Morgan fingerprint density at radius 1 is 1.22 bits per heavy atom. The summed E-state index contributed by atoms with van der Waals surface area (Å²) in [4.78, 5) is 27.9. The van der Waals surface area contributed by atoms with E-state index in [-0.39, 0.29) is 18.2 Å². The minimum Gasteiger partial charge on any atom is -0.449 e. The Morgan fingerprint density at radius 3 is 2.81 bits per heavy atom. The van der Waals surface area contributed by atoms with Crippen molar-refractivity contribution in [3.63, 3.8) is 0 Å². The average molecular weight is 365 g/mol. The van der Waals surface area contributed by atoms with Crippen LogP contribution in [0.5, 0.6) is 0 Å². The number of anilines is 1. The monoisotopic (exact) mass is 365 g/mol. The van der Waals surface area contributed by atoms with Crippen LogP contribution in [0.25, 0.3) is 0 Å². The third kappa shape index (κ3) is 3.47. The molecule has 1 atom stereocenters. The maximum absolute atomic E-state index is 12.4. The molecule has 3 amide bonds. The maximum Gasteiger partial charge on any atom is 0.414 e. The number of nitrogens with zero attached hydrogens (tertiary/aromatic N) is 2. The van der Waals surface area contributed by atoms with E-state index in [4.69, 9.17) is 4.74 Å². The van der Waals surface area contributed by atoms with E-state index in [1.807, 2.05) is 54.3 Å². The van der Waals surface area contributed by atoms with Gasteiger partial charge in [0.1, 0.15) is 0 Å². The van der Waals surface area contributed by atoms with Gasteiger partial charge >= 0.3 is 12.1 Å². The van der Waals surface area contributed by atoms with Crippen LogP contribution in [0, 0.1) is 0 Å². The third-order valence-corrected chi connectivity index (χ3v) is 5.09. The van der Waals surface area contributed by atoms with E-state index in [0.29, 0.717) is 26.2 Å². The van der Waals surface area contributed by atoms with E-state index in [0.717, 1.165) is 28.8 Å². The molecule has 2 aromatic carbocycles. The second-order valence-corrected chi connectivity index (χ2v) is 6.86. The van der Waals surface area contributed by atoms with Crippen molar-refractivity contribution in [1.29, 1.82) is 0 Å². The van der Waals surface area contributed by atoms with Gasteiger partial charge in [-0.1, -0.05) is 42.5 Å². The van der Waals surface area contributed by atoms with Crippen LogP contribution in [-0.4, -0.2) is 36.7 Å². The number of benzene rings is 2. The van der Waals surface area contributed by atoms with Gasteiger partial charge in [0.2, 0.25) is 0 Å². The fraction of sp³-hybridized carbons (Fsp3) is 0.333. The predicted molar refractivity (Wildman–Crippen MR) is 103 cm³/mol. The molecule has 27 heavy (non-hydrogen) atoms. The van der Waals surface area contributed by atoms with E-state index in [1.165, 1.54) is 0 Å². The van der Waals surface area contributed by atoms with Crippen molar-refractivity contribution in [2.24, 2.45) is 0 Å². The van der Waals surface area contributed by atoms with Crippen molar-refractivity contribution >= 4 is 17.8 Å². The highest BCUT2D eigenvalue weighted by Crippen LogP contribution is 2.30. The first-order valence-corrected chi connectivity index (χ1v) is 9.32. The average Bonchev–Trinajstić information content (AvgIpc) is 3.26. The molecule has 2 aromatic rings. The predicted octanol–water partition coefficient (Wildman–Crippen LogP) is 3.47. The molecule has 4 rings (SSSR count). The normalized spacial score (nSPS) is 18.4. The number of carbonyl (C=O) groups excluding carboxylic acids is 2. The molecule has 0 aliphatic carbocycles. The van der Waals surface area contributed by atoms with Gasteiger partial charge in [0.15, 0.2) is 0 Å². The molecular formula is C21H23N3O3. The van der Waals surface area contributed by atoms with Crippen LogP contribution in [0.4, 0.5) is 15.3 Å². The highest BCUT2D eigenvalue weighted by Gasteiger charge is 2.30. The molecule has 0 bridgehead atoms. The molecule has 1 N–H and O–H groups in total. The van der Waals surface area contributed by atoms with Gasteiger partial charge in [-0.2, -0.15) is 0 Å². The Morgan fingerprint density at radius 2 is 2.04 bits per heavy atom. The number of ether oxygens (including phenoxy) is 1. The molecule has 6 heteroatoms. The van der Waals surface area contributed by atoms with Gasteiger partial charge in [0.25, 0.3) is 0 Å². The van der Waals surface area contributed by atoms with E-state index in [2.05, 4.69) is 11.4 Å². The fourth-order valence-electron chi connectivity index (χ4n) is 3.76. The molecule has 0 saturated carbocycles. The summed E-state index contributed by atoms with van der Waals surface area (Å²) in [5.74, 6) is 0. The zero-order valence-electron chi connectivity index (χ0n) is 15.4. The summed E-state index contributed by atoms with van der Waals surface area (Å²) in [6, 6.07) is 16.0. The summed E-state index contributed by atoms with van der Waals surface area (Å²) < 4.78 is 5.11. The SMILES string of the molecule is CCOC(=O)N1CCc2cc(CN3C[C@H](c4ccccc4)NC3=O)ccc21. The summed E-state index contributed by atoms with van der Waals surface area (Å²) in [6.07, 6.45) is 0.509. The first kappa shape index (κ1) is 17.4. The summed E-state index contributed by atoms with van der Waals surface area (Å²) in [7, 11) is 0. The minimum atomic E-state index is -0.298.